The van der Waals surface area contributed by atoms with Crippen LogP contribution < -0.4 is 16.0 Å². The molecule has 0 aliphatic heterocycles. The molecule has 0 aliphatic rings. The zero-order valence-electron chi connectivity index (χ0n) is 14.1. The Labute approximate surface area is 147 Å². The molecule has 4 nitrogen and oxygen atoms in total. The Balaban J connectivity index is 1.66. The fourth-order valence-electron chi connectivity index (χ4n) is 2.61. The molecule has 0 heterocycles. The van der Waals surface area contributed by atoms with Crippen LogP contribution in [0.2, 0.25) is 0 Å². The Hall–Kier alpha value is -3.27. The van der Waals surface area contributed by atoms with Gasteiger partial charge in [-0.2, -0.15) is 0 Å². The first-order chi connectivity index (χ1) is 12.1. The molecular formula is C21H21N3O. The Morgan fingerprint density at radius 3 is 2.24 bits per heavy atom. The standard InChI is InChI=1S/C21H21N3O/c1-24(18-7-3-2-4-8-18)15-16-11-13-17(14-12-16)21(25)23-20-10-6-5-9-19(20)22/h2-14H,15,22H2,1H3,(H,23,25). The molecule has 0 aromatic heterocycles. The van der Waals surface area contributed by atoms with Crippen molar-refractivity contribution in [3.05, 3.63) is 90.0 Å². The fourth-order valence-corrected chi connectivity index (χ4v) is 2.61. The van der Waals surface area contributed by atoms with E-state index in [4.69, 9.17) is 5.73 Å². The second-order valence-corrected chi connectivity index (χ2v) is 5.93. The molecule has 1 amide bonds. The number of hydrogen-bond donors (Lipinski definition) is 2. The number of amides is 1. The average Bonchev–Trinajstić information content (AvgIpc) is 2.65. The smallest absolute Gasteiger partial charge is 0.255 e. The molecular weight excluding hydrogens is 310 g/mol. The van der Waals surface area contributed by atoms with E-state index in [0.717, 1.165) is 17.8 Å². The summed E-state index contributed by atoms with van der Waals surface area (Å²) in [4.78, 5) is 14.5. The second kappa shape index (κ2) is 7.53. The van der Waals surface area contributed by atoms with Crippen LogP contribution in [0, 0.1) is 0 Å². The molecule has 3 rings (SSSR count). The number of carbonyl (C=O) groups is 1. The van der Waals surface area contributed by atoms with Crippen molar-refractivity contribution in [2.24, 2.45) is 0 Å². The molecule has 0 atom stereocenters. The van der Waals surface area contributed by atoms with Crippen LogP contribution in [0.25, 0.3) is 0 Å². The van der Waals surface area contributed by atoms with Gasteiger partial charge in [0.2, 0.25) is 0 Å². The highest BCUT2D eigenvalue weighted by Gasteiger charge is 2.08. The summed E-state index contributed by atoms with van der Waals surface area (Å²) in [6.45, 7) is 0.775. The van der Waals surface area contributed by atoms with Gasteiger partial charge in [-0.05, 0) is 42.0 Å². The molecule has 0 spiro atoms. The molecule has 25 heavy (non-hydrogen) atoms. The van der Waals surface area contributed by atoms with Gasteiger partial charge in [-0.3, -0.25) is 4.79 Å². The molecule has 0 saturated heterocycles. The Kier molecular flexibility index (Phi) is 5.00. The van der Waals surface area contributed by atoms with E-state index in [0.29, 0.717) is 16.9 Å². The number of carbonyl (C=O) groups excluding carboxylic acids is 1. The Morgan fingerprint density at radius 1 is 0.920 bits per heavy atom. The zero-order valence-corrected chi connectivity index (χ0v) is 14.1. The molecule has 3 N–H and O–H groups in total. The van der Waals surface area contributed by atoms with Crippen LogP contribution in [-0.4, -0.2) is 13.0 Å². The molecule has 0 saturated carbocycles. The van der Waals surface area contributed by atoms with E-state index in [1.54, 1.807) is 12.1 Å². The quantitative estimate of drug-likeness (QED) is 0.690. The first kappa shape index (κ1) is 16.6. The maximum Gasteiger partial charge on any atom is 0.255 e. The first-order valence-corrected chi connectivity index (χ1v) is 8.14. The molecule has 0 fully saturated rings. The van der Waals surface area contributed by atoms with E-state index in [2.05, 4.69) is 22.3 Å². The monoisotopic (exact) mass is 331 g/mol. The summed E-state index contributed by atoms with van der Waals surface area (Å²) < 4.78 is 0. The molecule has 3 aromatic carbocycles. The van der Waals surface area contributed by atoms with Crippen LogP contribution in [0.1, 0.15) is 15.9 Å². The molecule has 0 unspecified atom stereocenters. The van der Waals surface area contributed by atoms with Gasteiger partial charge in [0.15, 0.2) is 0 Å². The minimum atomic E-state index is -0.166. The van der Waals surface area contributed by atoms with Gasteiger partial charge in [0, 0.05) is 24.8 Å². The van der Waals surface area contributed by atoms with Crippen LogP contribution in [0.4, 0.5) is 17.1 Å². The molecule has 0 bridgehead atoms. The minimum absolute atomic E-state index is 0.166. The van der Waals surface area contributed by atoms with Crippen molar-refractivity contribution in [1.29, 1.82) is 0 Å². The number of nitrogens with zero attached hydrogens (tertiary/aromatic N) is 1. The van der Waals surface area contributed by atoms with E-state index in [-0.39, 0.29) is 5.91 Å². The zero-order chi connectivity index (χ0) is 17.6. The molecule has 0 aliphatic carbocycles. The number of para-hydroxylation sites is 3. The average molecular weight is 331 g/mol. The van der Waals surface area contributed by atoms with Crippen molar-refractivity contribution in [3.8, 4) is 0 Å². The predicted octanol–water partition coefficient (Wildman–Crippen LogP) is 4.16. The van der Waals surface area contributed by atoms with Gasteiger partial charge in [-0.15, -0.1) is 0 Å². The lowest BCUT2D eigenvalue weighted by molar-refractivity contribution is 0.102. The van der Waals surface area contributed by atoms with Gasteiger partial charge in [-0.25, -0.2) is 0 Å². The third-order valence-electron chi connectivity index (χ3n) is 4.04. The number of nitrogen functional groups attached to an aromatic ring is 1. The van der Waals surface area contributed by atoms with Gasteiger partial charge >= 0.3 is 0 Å². The van der Waals surface area contributed by atoms with E-state index >= 15 is 0 Å². The summed E-state index contributed by atoms with van der Waals surface area (Å²) >= 11 is 0. The molecule has 4 heteroatoms. The van der Waals surface area contributed by atoms with Gasteiger partial charge < -0.3 is 16.0 Å². The van der Waals surface area contributed by atoms with Crippen molar-refractivity contribution in [1.82, 2.24) is 0 Å². The lowest BCUT2D eigenvalue weighted by atomic mass is 10.1. The number of rotatable bonds is 5. The van der Waals surface area contributed by atoms with Gasteiger partial charge in [-0.1, -0.05) is 42.5 Å². The van der Waals surface area contributed by atoms with Crippen molar-refractivity contribution >= 4 is 23.0 Å². The van der Waals surface area contributed by atoms with E-state index in [9.17, 15) is 4.79 Å². The van der Waals surface area contributed by atoms with E-state index < -0.39 is 0 Å². The largest absolute Gasteiger partial charge is 0.397 e. The number of anilines is 3. The normalized spacial score (nSPS) is 10.3. The van der Waals surface area contributed by atoms with Crippen LogP contribution >= 0.6 is 0 Å². The summed E-state index contributed by atoms with van der Waals surface area (Å²) in [6, 6.07) is 25.0. The maximum atomic E-state index is 12.3. The summed E-state index contributed by atoms with van der Waals surface area (Å²) in [6.07, 6.45) is 0. The number of nitrogens with two attached hydrogens (primary N) is 1. The highest BCUT2D eigenvalue weighted by atomic mass is 16.1. The van der Waals surface area contributed by atoms with Crippen molar-refractivity contribution in [2.45, 2.75) is 6.54 Å². The summed E-state index contributed by atoms with van der Waals surface area (Å²) in [7, 11) is 2.05. The highest BCUT2D eigenvalue weighted by Crippen LogP contribution is 2.19. The van der Waals surface area contributed by atoms with Gasteiger partial charge in [0.25, 0.3) is 5.91 Å². The van der Waals surface area contributed by atoms with Crippen molar-refractivity contribution in [3.63, 3.8) is 0 Å². The SMILES string of the molecule is CN(Cc1ccc(C(=O)Nc2ccccc2N)cc1)c1ccccc1. The topological polar surface area (TPSA) is 58.4 Å². The molecule has 126 valence electrons. The van der Waals surface area contributed by atoms with Crippen molar-refractivity contribution < 1.29 is 4.79 Å². The van der Waals surface area contributed by atoms with Crippen molar-refractivity contribution in [2.75, 3.05) is 23.0 Å². The lowest BCUT2D eigenvalue weighted by Gasteiger charge is -2.19. The number of nitrogens with one attached hydrogen (secondary N) is 1. The molecule has 0 radical (unpaired) electrons. The number of benzene rings is 3. The number of hydrogen-bond acceptors (Lipinski definition) is 3. The van der Waals surface area contributed by atoms with E-state index in [1.165, 1.54) is 0 Å². The molecule has 3 aromatic rings. The summed E-state index contributed by atoms with van der Waals surface area (Å²) in [5, 5.41) is 2.84. The van der Waals surface area contributed by atoms with Crippen LogP contribution in [0.3, 0.4) is 0 Å². The summed E-state index contributed by atoms with van der Waals surface area (Å²) in [5.74, 6) is -0.166. The van der Waals surface area contributed by atoms with Crippen LogP contribution in [-0.2, 0) is 6.54 Å². The first-order valence-electron chi connectivity index (χ1n) is 8.14. The predicted molar refractivity (Wildman–Crippen MR) is 104 cm³/mol. The Morgan fingerprint density at radius 2 is 1.56 bits per heavy atom. The van der Waals surface area contributed by atoms with Gasteiger partial charge in [0.1, 0.15) is 0 Å². The summed E-state index contributed by atoms with van der Waals surface area (Å²) in [5.41, 5.74) is 9.94. The van der Waals surface area contributed by atoms with Crippen LogP contribution in [0.15, 0.2) is 78.9 Å². The highest BCUT2D eigenvalue weighted by molar-refractivity contribution is 6.05. The Bertz CT molecular complexity index is 845. The lowest BCUT2D eigenvalue weighted by Crippen LogP contribution is -2.16. The third kappa shape index (κ3) is 4.18. The second-order valence-electron chi connectivity index (χ2n) is 5.93. The van der Waals surface area contributed by atoms with Gasteiger partial charge in [0.05, 0.1) is 11.4 Å². The van der Waals surface area contributed by atoms with E-state index in [1.807, 2.05) is 61.6 Å². The maximum absolute atomic E-state index is 12.3. The van der Waals surface area contributed by atoms with Crippen LogP contribution in [0.5, 0.6) is 0 Å². The minimum Gasteiger partial charge on any atom is -0.397 e. The third-order valence-corrected chi connectivity index (χ3v) is 4.04. The fraction of sp³-hybridized carbons (Fsp3) is 0.0952.